The lowest BCUT2D eigenvalue weighted by atomic mass is 9.98. The average molecular weight is 258 g/mol. The predicted octanol–water partition coefficient (Wildman–Crippen LogP) is 2.45. The number of anilines is 1. The van der Waals surface area contributed by atoms with Gasteiger partial charge in [-0.1, -0.05) is 12.1 Å². The highest BCUT2D eigenvalue weighted by atomic mass is 16.5. The molecule has 1 unspecified atom stereocenters. The summed E-state index contributed by atoms with van der Waals surface area (Å²) in [6.07, 6.45) is 0.864. The zero-order valence-electron chi connectivity index (χ0n) is 11.1. The number of nitrogens with two attached hydrogens (primary N) is 1. The molecule has 1 atom stereocenters. The van der Waals surface area contributed by atoms with Crippen LogP contribution in [0.3, 0.4) is 0 Å². The number of benzene rings is 1. The van der Waals surface area contributed by atoms with Crippen LogP contribution in [0.2, 0.25) is 0 Å². The van der Waals surface area contributed by atoms with Crippen LogP contribution >= 0.6 is 0 Å². The minimum absolute atomic E-state index is 0.362. The lowest BCUT2D eigenvalue weighted by Gasteiger charge is -2.16. The normalized spacial score (nSPS) is 12.2. The number of aliphatic hydroxyl groups excluding tert-OH is 1. The predicted molar refractivity (Wildman–Crippen MR) is 75.1 cm³/mol. The molecule has 100 valence electrons. The van der Waals surface area contributed by atoms with Gasteiger partial charge in [0, 0.05) is 11.8 Å². The zero-order chi connectivity index (χ0) is 13.8. The number of aromatic nitrogens is 1. The minimum Gasteiger partial charge on any atom is -0.494 e. The second-order valence-electron chi connectivity index (χ2n) is 4.33. The van der Waals surface area contributed by atoms with Crippen molar-refractivity contribution in [1.82, 2.24) is 4.98 Å². The fourth-order valence-electron chi connectivity index (χ4n) is 2.03. The largest absolute Gasteiger partial charge is 0.494 e. The lowest BCUT2D eigenvalue weighted by molar-refractivity contribution is 0.220. The Bertz CT molecular complexity index is 532. The van der Waals surface area contributed by atoms with Crippen molar-refractivity contribution in [2.24, 2.45) is 0 Å². The first-order valence-corrected chi connectivity index (χ1v) is 6.25. The van der Waals surface area contributed by atoms with E-state index in [1.54, 1.807) is 6.20 Å². The Morgan fingerprint density at radius 3 is 2.53 bits per heavy atom. The molecule has 1 heterocycles. The number of pyridine rings is 1. The molecule has 0 saturated carbocycles. The van der Waals surface area contributed by atoms with Crippen molar-refractivity contribution in [3.05, 3.63) is 53.2 Å². The Kier molecular flexibility index (Phi) is 4.02. The van der Waals surface area contributed by atoms with Crippen LogP contribution in [0.15, 0.2) is 36.5 Å². The van der Waals surface area contributed by atoms with E-state index in [1.807, 2.05) is 44.2 Å². The molecular formula is C15H18N2O2. The number of rotatable bonds is 4. The first kappa shape index (κ1) is 13.4. The molecular weight excluding hydrogens is 240 g/mol. The van der Waals surface area contributed by atoms with E-state index < -0.39 is 6.10 Å². The first-order valence-electron chi connectivity index (χ1n) is 6.25. The van der Waals surface area contributed by atoms with Gasteiger partial charge in [0.2, 0.25) is 0 Å². The van der Waals surface area contributed by atoms with Gasteiger partial charge in [-0.05, 0) is 43.2 Å². The monoisotopic (exact) mass is 258 g/mol. The molecule has 0 bridgehead atoms. The van der Waals surface area contributed by atoms with E-state index >= 15 is 0 Å². The zero-order valence-corrected chi connectivity index (χ0v) is 11.1. The number of aliphatic hydroxyl groups is 1. The number of ether oxygens (including phenoxy) is 1. The molecule has 4 heteroatoms. The molecule has 1 aromatic carbocycles. The summed E-state index contributed by atoms with van der Waals surface area (Å²) in [4.78, 5) is 4.03. The van der Waals surface area contributed by atoms with E-state index in [4.69, 9.17) is 10.5 Å². The van der Waals surface area contributed by atoms with Gasteiger partial charge < -0.3 is 15.6 Å². The summed E-state index contributed by atoms with van der Waals surface area (Å²) >= 11 is 0. The molecule has 1 aromatic heterocycles. The maximum absolute atomic E-state index is 10.4. The summed E-state index contributed by atoms with van der Waals surface area (Å²) in [6.45, 7) is 4.46. The Hall–Kier alpha value is -2.07. The molecule has 0 fully saturated rings. The molecule has 2 aromatic rings. The van der Waals surface area contributed by atoms with E-state index in [-0.39, 0.29) is 0 Å². The first-order chi connectivity index (χ1) is 9.13. The topological polar surface area (TPSA) is 68.4 Å². The van der Waals surface area contributed by atoms with Gasteiger partial charge in [-0.25, -0.2) is 4.98 Å². The van der Waals surface area contributed by atoms with Gasteiger partial charge in [-0.3, -0.25) is 0 Å². The van der Waals surface area contributed by atoms with E-state index in [9.17, 15) is 5.11 Å². The summed E-state index contributed by atoms with van der Waals surface area (Å²) in [5.74, 6) is 1.15. The highest BCUT2D eigenvalue weighted by molar-refractivity contribution is 5.49. The van der Waals surface area contributed by atoms with Crippen LogP contribution in [0.1, 0.15) is 29.7 Å². The summed E-state index contributed by atoms with van der Waals surface area (Å²) < 4.78 is 5.38. The van der Waals surface area contributed by atoms with Crippen LogP contribution in [0, 0.1) is 6.92 Å². The lowest BCUT2D eigenvalue weighted by Crippen LogP contribution is -2.07. The third-order valence-corrected chi connectivity index (χ3v) is 3.02. The second-order valence-corrected chi connectivity index (χ2v) is 4.33. The van der Waals surface area contributed by atoms with E-state index in [1.165, 1.54) is 0 Å². The van der Waals surface area contributed by atoms with Crippen LogP contribution in [0.4, 0.5) is 5.82 Å². The molecule has 2 rings (SSSR count). The van der Waals surface area contributed by atoms with Gasteiger partial charge in [-0.2, -0.15) is 0 Å². The van der Waals surface area contributed by atoms with Crippen molar-refractivity contribution in [3.63, 3.8) is 0 Å². The third-order valence-electron chi connectivity index (χ3n) is 3.02. The van der Waals surface area contributed by atoms with E-state index in [0.717, 1.165) is 16.9 Å². The fraction of sp³-hybridized carbons (Fsp3) is 0.267. The van der Waals surface area contributed by atoms with Gasteiger partial charge in [0.25, 0.3) is 0 Å². The second kappa shape index (κ2) is 5.71. The summed E-state index contributed by atoms with van der Waals surface area (Å²) in [6, 6.07) is 9.18. The molecule has 0 saturated heterocycles. The summed E-state index contributed by atoms with van der Waals surface area (Å²) in [5.41, 5.74) is 8.19. The highest BCUT2D eigenvalue weighted by Gasteiger charge is 2.16. The molecule has 3 N–H and O–H groups in total. The smallest absolute Gasteiger partial charge is 0.129 e. The molecule has 0 radical (unpaired) electrons. The maximum Gasteiger partial charge on any atom is 0.129 e. The van der Waals surface area contributed by atoms with E-state index in [2.05, 4.69) is 4.98 Å². The van der Waals surface area contributed by atoms with Crippen LogP contribution in [0.5, 0.6) is 5.75 Å². The highest BCUT2D eigenvalue weighted by Crippen LogP contribution is 2.29. The molecule has 0 spiro atoms. The van der Waals surface area contributed by atoms with Gasteiger partial charge >= 0.3 is 0 Å². The van der Waals surface area contributed by atoms with Crippen molar-refractivity contribution in [2.45, 2.75) is 20.0 Å². The van der Waals surface area contributed by atoms with Crippen molar-refractivity contribution < 1.29 is 9.84 Å². The van der Waals surface area contributed by atoms with E-state index in [0.29, 0.717) is 18.0 Å². The molecule has 0 aliphatic rings. The Morgan fingerprint density at radius 2 is 1.95 bits per heavy atom. The van der Waals surface area contributed by atoms with Crippen LogP contribution in [-0.2, 0) is 0 Å². The van der Waals surface area contributed by atoms with Crippen LogP contribution < -0.4 is 10.5 Å². The third kappa shape index (κ3) is 2.85. The molecule has 0 aliphatic carbocycles. The van der Waals surface area contributed by atoms with Crippen molar-refractivity contribution in [1.29, 1.82) is 0 Å². The van der Waals surface area contributed by atoms with Crippen molar-refractivity contribution in [3.8, 4) is 5.75 Å². The molecule has 0 amide bonds. The van der Waals surface area contributed by atoms with Gasteiger partial charge in [0.1, 0.15) is 17.7 Å². The van der Waals surface area contributed by atoms with Gasteiger partial charge in [-0.15, -0.1) is 0 Å². The summed E-state index contributed by atoms with van der Waals surface area (Å²) in [7, 11) is 0. The number of hydrogen-bond acceptors (Lipinski definition) is 4. The Morgan fingerprint density at radius 1 is 1.26 bits per heavy atom. The SMILES string of the molecule is CCOc1ccc(C(O)c2c(C)ccnc2N)cc1. The number of nitrogen functional groups attached to an aromatic ring is 1. The van der Waals surface area contributed by atoms with Crippen LogP contribution in [-0.4, -0.2) is 16.7 Å². The number of hydrogen-bond donors (Lipinski definition) is 2. The maximum atomic E-state index is 10.4. The molecule has 19 heavy (non-hydrogen) atoms. The van der Waals surface area contributed by atoms with Gasteiger partial charge in [0.05, 0.1) is 6.61 Å². The average Bonchev–Trinajstić information content (AvgIpc) is 2.39. The summed E-state index contributed by atoms with van der Waals surface area (Å²) in [5, 5.41) is 10.4. The van der Waals surface area contributed by atoms with Crippen molar-refractivity contribution in [2.75, 3.05) is 12.3 Å². The molecule has 0 aliphatic heterocycles. The standard InChI is InChI=1S/C15H18N2O2/c1-3-19-12-6-4-11(5-7-12)14(18)13-10(2)8-9-17-15(13)16/h4-9,14,18H,3H2,1-2H3,(H2,16,17). The minimum atomic E-state index is -0.774. The Balaban J connectivity index is 2.31. The van der Waals surface area contributed by atoms with Crippen LogP contribution in [0.25, 0.3) is 0 Å². The van der Waals surface area contributed by atoms with Crippen molar-refractivity contribution >= 4 is 5.82 Å². The number of aryl methyl sites for hydroxylation is 1. The molecule has 4 nitrogen and oxygen atoms in total. The Labute approximate surface area is 112 Å². The fourth-order valence-corrected chi connectivity index (χ4v) is 2.03. The number of nitrogens with zero attached hydrogens (tertiary/aromatic N) is 1. The quantitative estimate of drug-likeness (QED) is 0.884. The van der Waals surface area contributed by atoms with Gasteiger partial charge in [0.15, 0.2) is 0 Å².